The number of esters is 1. The Balaban J connectivity index is 1.06. The summed E-state index contributed by atoms with van der Waals surface area (Å²) in [6, 6.07) is 33.8. The Morgan fingerprint density at radius 3 is 1.94 bits per heavy atom. The molecule has 0 spiro atoms. The molecule has 1 heterocycles. The van der Waals surface area contributed by atoms with Gasteiger partial charge in [0.2, 0.25) is 5.91 Å². The number of carboxylic acids is 1. The maximum absolute atomic E-state index is 13.2. The minimum Gasteiger partial charge on any atom is -0.480 e. The van der Waals surface area contributed by atoms with E-state index >= 15 is 0 Å². The van der Waals surface area contributed by atoms with Crippen LogP contribution in [0.2, 0.25) is 0 Å². The fraction of sp³-hybridized carbons (Fsp3) is 0.179. The Morgan fingerprint density at radius 2 is 1.38 bits per heavy atom. The number of anilines is 1. The average Bonchev–Trinajstić information content (AvgIpc) is 3.47. The Kier molecular flexibility index (Phi) is 10.8. The number of carbonyl (C=O) groups is 4. The number of nitrogens with two attached hydrogens (primary N) is 1. The lowest BCUT2D eigenvalue weighted by Gasteiger charge is -2.24. The van der Waals surface area contributed by atoms with Crippen molar-refractivity contribution in [2.75, 3.05) is 25.0 Å². The summed E-state index contributed by atoms with van der Waals surface area (Å²) in [5.74, 6) is -3.30. The van der Waals surface area contributed by atoms with E-state index in [1.54, 1.807) is 0 Å². The molecule has 0 saturated heterocycles. The van der Waals surface area contributed by atoms with Crippen LogP contribution in [-0.2, 0) is 30.4 Å². The molecule has 0 radical (unpaired) electrons. The van der Waals surface area contributed by atoms with E-state index in [9.17, 15) is 29.1 Å². The van der Waals surface area contributed by atoms with Gasteiger partial charge in [0.05, 0.1) is 0 Å². The van der Waals surface area contributed by atoms with Gasteiger partial charge in [-0.15, -0.1) is 0 Å². The fourth-order valence-corrected chi connectivity index (χ4v) is 6.13. The molecule has 0 aliphatic heterocycles. The smallest absolute Gasteiger partial charge is 0.413 e. The summed E-state index contributed by atoms with van der Waals surface area (Å²) in [6.45, 7) is -1.85. The number of amides is 2. The van der Waals surface area contributed by atoms with Crippen LogP contribution in [0, 0.1) is 0 Å². The van der Waals surface area contributed by atoms with Gasteiger partial charge in [0.1, 0.15) is 31.6 Å². The number of aromatic nitrogens is 2. The molecule has 1 aliphatic carbocycles. The van der Waals surface area contributed by atoms with E-state index in [1.165, 1.54) is 12.3 Å². The van der Waals surface area contributed by atoms with Gasteiger partial charge in [-0.1, -0.05) is 109 Å². The van der Waals surface area contributed by atoms with Crippen molar-refractivity contribution in [2.24, 2.45) is 5.73 Å². The van der Waals surface area contributed by atoms with Crippen molar-refractivity contribution in [1.29, 1.82) is 0 Å². The zero-order valence-corrected chi connectivity index (χ0v) is 27.8. The standard InChI is InChI=1S/C39H35N5O8/c40-32(37(48)51-24-31-29-17-9-7-15-27(29)28-16-8-10-18-30(28)31)21-44(23-35(46)47)34(45)22-43-20-19-33(41-38(43)49)42-39(50)52-36(25-11-3-1-4-12-25)26-13-5-2-6-14-26/h1-20,31-32,36H,21-24,40H2,(H,46,47)(H,41,42,49,50). The molecule has 6 rings (SSSR count). The maximum atomic E-state index is 13.2. The van der Waals surface area contributed by atoms with Gasteiger partial charge >= 0.3 is 23.7 Å². The van der Waals surface area contributed by atoms with Gasteiger partial charge < -0.3 is 25.2 Å². The Morgan fingerprint density at radius 1 is 0.827 bits per heavy atom. The molecular weight excluding hydrogens is 666 g/mol. The molecule has 4 aromatic carbocycles. The molecule has 1 aromatic heterocycles. The first kappa shape index (κ1) is 35.2. The zero-order valence-electron chi connectivity index (χ0n) is 27.8. The second kappa shape index (κ2) is 16.0. The molecule has 0 fully saturated rings. The molecule has 52 heavy (non-hydrogen) atoms. The van der Waals surface area contributed by atoms with Gasteiger partial charge in [-0.2, -0.15) is 4.98 Å². The third-order valence-electron chi connectivity index (χ3n) is 8.59. The molecule has 13 nitrogen and oxygen atoms in total. The normalized spacial score (nSPS) is 12.3. The predicted octanol–water partition coefficient (Wildman–Crippen LogP) is 4.18. The second-order valence-corrected chi connectivity index (χ2v) is 12.1. The number of carboxylic acid groups (broad SMARTS) is 1. The van der Waals surface area contributed by atoms with Crippen molar-refractivity contribution in [3.05, 3.63) is 154 Å². The topological polar surface area (TPSA) is 183 Å². The number of fused-ring (bicyclic) bond motifs is 3. The van der Waals surface area contributed by atoms with E-state index in [1.807, 2.05) is 109 Å². The van der Waals surface area contributed by atoms with Gasteiger partial charge in [-0.3, -0.25) is 24.3 Å². The van der Waals surface area contributed by atoms with Crippen LogP contribution in [0.1, 0.15) is 34.3 Å². The van der Waals surface area contributed by atoms with Crippen LogP contribution in [0.15, 0.2) is 126 Å². The summed E-state index contributed by atoms with van der Waals surface area (Å²) in [5.41, 5.74) is 10.8. The van der Waals surface area contributed by atoms with Crippen LogP contribution in [0.4, 0.5) is 10.6 Å². The van der Waals surface area contributed by atoms with E-state index in [2.05, 4.69) is 10.3 Å². The summed E-state index contributed by atoms with van der Waals surface area (Å²) >= 11 is 0. The average molecular weight is 702 g/mol. The van der Waals surface area contributed by atoms with Crippen molar-refractivity contribution >= 4 is 29.8 Å². The van der Waals surface area contributed by atoms with Gasteiger partial charge in [-0.05, 0) is 39.4 Å². The first-order valence-electron chi connectivity index (χ1n) is 16.4. The molecule has 1 atom stereocenters. The van der Waals surface area contributed by atoms with Crippen LogP contribution in [0.25, 0.3) is 11.1 Å². The highest BCUT2D eigenvalue weighted by Gasteiger charge is 2.31. The molecule has 4 N–H and O–H groups in total. The molecule has 5 aromatic rings. The minimum absolute atomic E-state index is 0.00158. The van der Waals surface area contributed by atoms with Crippen molar-refractivity contribution < 1.29 is 33.8 Å². The number of carbonyl (C=O) groups excluding carboxylic acids is 3. The van der Waals surface area contributed by atoms with E-state index < -0.39 is 61.4 Å². The summed E-state index contributed by atoms with van der Waals surface area (Å²) in [7, 11) is 0. The quantitative estimate of drug-likeness (QED) is 0.151. The highest BCUT2D eigenvalue weighted by Crippen LogP contribution is 2.44. The van der Waals surface area contributed by atoms with Crippen molar-refractivity contribution in [3.8, 4) is 11.1 Å². The second-order valence-electron chi connectivity index (χ2n) is 12.1. The molecule has 2 amide bonds. The molecule has 0 bridgehead atoms. The number of nitrogens with one attached hydrogen (secondary N) is 1. The lowest BCUT2D eigenvalue weighted by molar-refractivity contribution is -0.149. The lowest BCUT2D eigenvalue weighted by Crippen LogP contribution is -2.49. The van der Waals surface area contributed by atoms with Gasteiger partial charge in [0.25, 0.3) is 0 Å². The highest BCUT2D eigenvalue weighted by atomic mass is 16.6. The van der Waals surface area contributed by atoms with E-state index in [4.69, 9.17) is 15.2 Å². The van der Waals surface area contributed by atoms with Crippen molar-refractivity contribution in [3.63, 3.8) is 0 Å². The Bertz CT molecular complexity index is 2050. The third kappa shape index (κ3) is 8.22. The van der Waals surface area contributed by atoms with Crippen molar-refractivity contribution in [2.45, 2.75) is 24.6 Å². The van der Waals surface area contributed by atoms with Crippen LogP contribution < -0.4 is 16.7 Å². The van der Waals surface area contributed by atoms with Crippen molar-refractivity contribution in [1.82, 2.24) is 14.5 Å². The largest absolute Gasteiger partial charge is 0.480 e. The number of benzene rings is 4. The molecular formula is C39H35N5O8. The molecule has 1 unspecified atom stereocenters. The van der Waals surface area contributed by atoms with Gasteiger partial charge in [0, 0.05) is 18.7 Å². The van der Waals surface area contributed by atoms with Crippen LogP contribution in [-0.4, -0.2) is 69.2 Å². The summed E-state index contributed by atoms with van der Waals surface area (Å²) in [6.07, 6.45) is -0.382. The summed E-state index contributed by atoms with van der Waals surface area (Å²) in [5, 5.41) is 11.9. The monoisotopic (exact) mass is 701 g/mol. The fourth-order valence-electron chi connectivity index (χ4n) is 6.13. The molecule has 0 saturated carbocycles. The Labute approximate surface area is 298 Å². The first-order chi connectivity index (χ1) is 25.2. The van der Waals surface area contributed by atoms with Crippen LogP contribution in [0.3, 0.4) is 0 Å². The number of rotatable bonds is 13. The number of hydrogen-bond acceptors (Lipinski definition) is 9. The SMILES string of the molecule is NC(CN(CC(=O)O)C(=O)Cn1ccc(NC(=O)OC(c2ccccc2)c2ccccc2)nc1=O)C(=O)OCC1c2ccccc2-c2ccccc21. The summed E-state index contributed by atoms with van der Waals surface area (Å²) < 4.78 is 12.2. The van der Waals surface area contributed by atoms with E-state index in [0.29, 0.717) is 0 Å². The van der Waals surface area contributed by atoms with Gasteiger partial charge in [0.15, 0.2) is 6.10 Å². The Hall–Kier alpha value is -6.60. The van der Waals surface area contributed by atoms with E-state index in [0.717, 1.165) is 42.8 Å². The molecule has 1 aliphatic rings. The molecule has 13 heteroatoms. The number of ether oxygens (including phenoxy) is 2. The van der Waals surface area contributed by atoms with Crippen LogP contribution >= 0.6 is 0 Å². The zero-order chi connectivity index (χ0) is 36.6. The number of nitrogens with zero attached hydrogens (tertiary/aromatic N) is 3. The number of hydrogen-bond donors (Lipinski definition) is 3. The van der Waals surface area contributed by atoms with Gasteiger partial charge in [-0.25, -0.2) is 9.59 Å². The maximum Gasteiger partial charge on any atom is 0.413 e. The first-order valence-corrected chi connectivity index (χ1v) is 16.4. The third-order valence-corrected chi connectivity index (χ3v) is 8.59. The predicted molar refractivity (Wildman–Crippen MR) is 190 cm³/mol. The number of aliphatic carboxylic acids is 1. The summed E-state index contributed by atoms with van der Waals surface area (Å²) in [4.78, 5) is 68.3. The lowest BCUT2D eigenvalue weighted by atomic mass is 9.98. The van der Waals surface area contributed by atoms with E-state index in [-0.39, 0.29) is 18.3 Å². The van der Waals surface area contributed by atoms with Crippen LogP contribution in [0.5, 0.6) is 0 Å². The minimum atomic E-state index is -1.36. The molecule has 264 valence electrons. The highest BCUT2D eigenvalue weighted by molar-refractivity contribution is 5.84.